The van der Waals surface area contributed by atoms with E-state index in [1.165, 1.54) is 6.08 Å². The van der Waals surface area contributed by atoms with E-state index in [1.807, 2.05) is 0 Å². The molecule has 0 aromatic carbocycles. The van der Waals surface area contributed by atoms with Crippen LogP contribution in [0.2, 0.25) is 0 Å². The van der Waals surface area contributed by atoms with Gasteiger partial charge in [-0.2, -0.15) is 0 Å². The Morgan fingerprint density at radius 3 is 2.43 bits per heavy atom. The van der Waals surface area contributed by atoms with Crippen LogP contribution in [0.25, 0.3) is 0 Å². The van der Waals surface area contributed by atoms with Crippen molar-refractivity contribution in [1.29, 1.82) is 0 Å². The molecule has 0 aromatic heterocycles. The van der Waals surface area contributed by atoms with Crippen LogP contribution < -0.4 is 0 Å². The summed E-state index contributed by atoms with van der Waals surface area (Å²) in [7, 11) is 0. The van der Waals surface area contributed by atoms with E-state index in [1.54, 1.807) is 0 Å². The quantitative estimate of drug-likeness (QED) is 0.332. The topological polar surface area (TPSA) is 26.3 Å². The van der Waals surface area contributed by atoms with Gasteiger partial charge in [-0.25, -0.2) is 0 Å². The molecule has 0 heterocycles. The van der Waals surface area contributed by atoms with Crippen LogP contribution in [0, 0.1) is 0 Å². The van der Waals surface area contributed by atoms with Gasteiger partial charge < -0.3 is 4.74 Å². The van der Waals surface area contributed by atoms with E-state index in [2.05, 4.69) is 11.3 Å². The van der Waals surface area contributed by atoms with Gasteiger partial charge in [0.2, 0.25) is 0 Å². The minimum absolute atomic E-state index is 0. The van der Waals surface area contributed by atoms with Gasteiger partial charge in [-0.1, -0.05) is 12.7 Å². The number of hydrogen-bond donors (Lipinski definition) is 0. The Morgan fingerprint density at radius 2 is 2.29 bits per heavy atom. The Kier molecular flexibility index (Phi) is 15.7. The molecule has 0 unspecified atom stereocenters. The Balaban J connectivity index is 0. The van der Waals surface area contributed by atoms with Crippen LogP contribution in [0.1, 0.15) is 0 Å². The van der Waals surface area contributed by atoms with Gasteiger partial charge >= 0.3 is 58.2 Å². The average Bonchev–Trinajstić information content (AvgIpc) is 1.61. The summed E-state index contributed by atoms with van der Waals surface area (Å²) in [4.78, 5) is 9.29. The number of ether oxygens (including phenoxy) is 1. The summed E-state index contributed by atoms with van der Waals surface area (Å²) in [6, 6.07) is 0. The average molecular weight is 173 g/mol. The van der Waals surface area contributed by atoms with E-state index < -0.39 is 0 Å². The third-order valence-electron chi connectivity index (χ3n) is 0.282. The van der Waals surface area contributed by atoms with Gasteiger partial charge in [0.05, 0.1) is 0 Å². The molecule has 0 aliphatic rings. The normalized spacial score (nSPS) is 5.71. The zero-order valence-electron chi connectivity index (χ0n) is 3.39. The van der Waals surface area contributed by atoms with Gasteiger partial charge in [0.1, 0.15) is 6.61 Å². The first-order valence-electron chi connectivity index (χ1n) is 1.58. The van der Waals surface area contributed by atoms with Crippen molar-refractivity contribution in [1.82, 2.24) is 0 Å². The first-order chi connectivity index (χ1) is 2.91. The summed E-state index contributed by atoms with van der Waals surface area (Å²) in [5.74, 6) is 0. The predicted molar refractivity (Wildman–Crippen MR) is 29.4 cm³/mol. The molecular formula is C4H7O2Rb. The molecule has 2 nitrogen and oxygen atoms in total. The maximum atomic E-state index is 9.29. The van der Waals surface area contributed by atoms with Crippen LogP contribution in [0.5, 0.6) is 0 Å². The zero-order valence-corrected chi connectivity index (χ0v) is 3.39. The fourth-order valence-corrected chi connectivity index (χ4v) is 0.107. The van der Waals surface area contributed by atoms with E-state index >= 15 is 0 Å². The van der Waals surface area contributed by atoms with Crippen molar-refractivity contribution >= 4 is 64.7 Å². The van der Waals surface area contributed by atoms with Crippen molar-refractivity contribution < 1.29 is 9.53 Å². The first-order valence-corrected chi connectivity index (χ1v) is 1.58. The van der Waals surface area contributed by atoms with Crippen LogP contribution in [0.4, 0.5) is 0 Å². The van der Waals surface area contributed by atoms with E-state index in [0.717, 1.165) is 0 Å². The Labute approximate surface area is 91.7 Å². The van der Waals surface area contributed by atoms with E-state index in [9.17, 15) is 4.79 Å². The molecular weight excluding hydrogens is 166 g/mol. The van der Waals surface area contributed by atoms with Gasteiger partial charge in [0, 0.05) is 0 Å². The van der Waals surface area contributed by atoms with Gasteiger partial charge in [-0.05, 0) is 0 Å². The summed E-state index contributed by atoms with van der Waals surface area (Å²) < 4.78 is 4.18. The van der Waals surface area contributed by atoms with Gasteiger partial charge in [-0.3, -0.25) is 4.79 Å². The van der Waals surface area contributed by atoms with Crippen molar-refractivity contribution in [2.45, 2.75) is 0 Å². The van der Waals surface area contributed by atoms with Gasteiger partial charge in [0.15, 0.2) is 0 Å². The van der Waals surface area contributed by atoms with Crippen LogP contribution in [0.3, 0.4) is 0 Å². The van der Waals surface area contributed by atoms with Crippen molar-refractivity contribution in [2.24, 2.45) is 0 Å². The molecule has 0 rings (SSSR count). The van der Waals surface area contributed by atoms with Crippen molar-refractivity contribution in [3.05, 3.63) is 12.7 Å². The summed E-state index contributed by atoms with van der Waals surface area (Å²) in [6.07, 6.45) is 1.51. The Hall–Kier alpha value is 1.02. The molecule has 0 fully saturated rings. The number of carbonyl (C=O) groups is 1. The van der Waals surface area contributed by atoms with Crippen molar-refractivity contribution in [3.63, 3.8) is 0 Å². The molecule has 0 bridgehead atoms. The molecule has 0 saturated carbocycles. The first kappa shape index (κ1) is 10.9. The molecule has 7 heavy (non-hydrogen) atoms. The fraction of sp³-hybridized carbons (Fsp3) is 0.250. The van der Waals surface area contributed by atoms with Crippen LogP contribution in [0.15, 0.2) is 12.7 Å². The molecule has 36 valence electrons. The zero-order chi connectivity index (χ0) is 4.83. The standard InChI is InChI=1S/C4H6O2.Rb.H/c1-2-3-6-4-5;;/h2,4H,1,3H2;;. The summed E-state index contributed by atoms with van der Waals surface area (Å²) in [5, 5.41) is 0. The second kappa shape index (κ2) is 10.1. The third kappa shape index (κ3) is 10.9. The van der Waals surface area contributed by atoms with Crippen LogP contribution in [-0.4, -0.2) is 71.3 Å². The van der Waals surface area contributed by atoms with Crippen molar-refractivity contribution in [3.8, 4) is 0 Å². The molecule has 0 spiro atoms. The van der Waals surface area contributed by atoms with Gasteiger partial charge in [0.25, 0.3) is 6.47 Å². The molecule has 0 aromatic rings. The monoisotopic (exact) mass is 172 g/mol. The molecule has 0 N–H and O–H groups in total. The Bertz CT molecular complexity index is 45.7. The number of hydrogen-bond acceptors (Lipinski definition) is 2. The second-order valence-corrected chi connectivity index (χ2v) is 0.718. The van der Waals surface area contributed by atoms with Gasteiger partial charge in [-0.15, -0.1) is 0 Å². The van der Waals surface area contributed by atoms with E-state index in [4.69, 9.17) is 0 Å². The predicted octanol–water partition coefficient (Wildman–Crippen LogP) is -0.303. The molecule has 3 heteroatoms. The number of rotatable bonds is 3. The number of carbonyl (C=O) groups excluding carboxylic acids is 1. The molecule has 0 amide bonds. The van der Waals surface area contributed by atoms with E-state index in [0.29, 0.717) is 13.1 Å². The molecule has 0 atom stereocenters. The van der Waals surface area contributed by atoms with Crippen molar-refractivity contribution in [2.75, 3.05) is 6.61 Å². The minimum atomic E-state index is 0. The second-order valence-electron chi connectivity index (χ2n) is 0.718. The third-order valence-corrected chi connectivity index (χ3v) is 0.282. The SMILES string of the molecule is C=CCOC=O.[RbH]. The molecule has 0 saturated heterocycles. The molecule has 0 aliphatic carbocycles. The molecule has 0 aliphatic heterocycles. The summed E-state index contributed by atoms with van der Waals surface area (Å²) in [5.41, 5.74) is 0. The van der Waals surface area contributed by atoms with E-state index in [-0.39, 0.29) is 58.2 Å². The summed E-state index contributed by atoms with van der Waals surface area (Å²) in [6.45, 7) is 4.01. The molecule has 0 radical (unpaired) electrons. The Morgan fingerprint density at radius 1 is 1.71 bits per heavy atom. The fourth-order valence-electron chi connectivity index (χ4n) is 0.107. The summed E-state index contributed by atoms with van der Waals surface area (Å²) >= 11 is 0. The maximum absolute atomic E-state index is 9.29. The van der Waals surface area contributed by atoms with Crippen LogP contribution in [-0.2, 0) is 9.53 Å². The van der Waals surface area contributed by atoms with Crippen LogP contribution >= 0.6 is 0 Å².